The summed E-state index contributed by atoms with van der Waals surface area (Å²) < 4.78 is 26.8. The highest BCUT2D eigenvalue weighted by atomic mass is 32.2. The minimum atomic E-state index is -3.64. The molecule has 6 heteroatoms. The second-order valence-electron chi connectivity index (χ2n) is 5.24. The molecule has 0 atom stereocenters. The van der Waals surface area contributed by atoms with Crippen molar-refractivity contribution in [1.82, 2.24) is 4.31 Å². The lowest BCUT2D eigenvalue weighted by Crippen LogP contribution is -2.40. The van der Waals surface area contributed by atoms with E-state index in [1.54, 1.807) is 18.2 Å². The molecule has 0 aromatic heterocycles. The van der Waals surface area contributed by atoms with E-state index >= 15 is 0 Å². The molecule has 1 N–H and O–H groups in total. The third-order valence-corrected chi connectivity index (χ3v) is 5.82. The molecule has 0 amide bonds. The number of rotatable bonds is 4. The van der Waals surface area contributed by atoms with Crippen LogP contribution < -0.4 is 0 Å². The number of hydrogen-bond donors (Lipinski definition) is 1. The number of hydrogen-bond acceptors (Lipinski definition) is 4. The van der Waals surface area contributed by atoms with Crippen LogP contribution in [0.3, 0.4) is 0 Å². The first kappa shape index (κ1) is 16.4. The topological polar surface area (TPSA) is 85.0 Å². The van der Waals surface area contributed by atoms with Gasteiger partial charge in [-0.1, -0.05) is 18.2 Å². The van der Waals surface area contributed by atoms with Crippen LogP contribution in [0.25, 0.3) is 0 Å². The van der Waals surface area contributed by atoms with E-state index in [2.05, 4.69) is 0 Å². The van der Waals surface area contributed by atoms with Gasteiger partial charge in [-0.15, -0.1) is 0 Å². The number of nitrogens with zero attached hydrogens (tertiary/aromatic N) is 2. The predicted molar refractivity (Wildman–Crippen MR) is 85.2 cm³/mol. The summed E-state index contributed by atoms with van der Waals surface area (Å²) >= 11 is 0. The average Bonchev–Trinajstić information content (AvgIpc) is 2.55. The highest BCUT2D eigenvalue weighted by Crippen LogP contribution is 2.26. The summed E-state index contributed by atoms with van der Waals surface area (Å²) in [6.45, 7) is 2.63. The maximum absolute atomic E-state index is 12.7. The van der Waals surface area contributed by atoms with E-state index < -0.39 is 10.0 Å². The monoisotopic (exact) mass is 317 g/mol. The smallest absolute Gasteiger partial charge is 0.244 e. The van der Waals surface area contributed by atoms with Crippen molar-refractivity contribution in [2.45, 2.75) is 24.7 Å². The zero-order valence-electron chi connectivity index (χ0n) is 12.5. The molecule has 2 rings (SSSR count). The third-order valence-electron chi connectivity index (χ3n) is 3.87. The van der Waals surface area contributed by atoms with Gasteiger partial charge in [0.1, 0.15) is 6.07 Å². The van der Waals surface area contributed by atoms with Crippen molar-refractivity contribution in [2.24, 2.45) is 5.92 Å². The van der Waals surface area contributed by atoms with Gasteiger partial charge in [-0.3, -0.25) is 0 Å². The highest BCUT2D eigenvalue weighted by Gasteiger charge is 2.31. The average molecular weight is 317 g/mol. The molecule has 116 valence electrons. The molecule has 0 bridgehead atoms. The van der Waals surface area contributed by atoms with Crippen molar-refractivity contribution in [3.8, 4) is 6.07 Å². The summed E-state index contributed by atoms with van der Waals surface area (Å²) in [4.78, 5) is 0.0690. The lowest BCUT2D eigenvalue weighted by Gasteiger charge is -2.31. The van der Waals surface area contributed by atoms with Crippen LogP contribution in [0.4, 0.5) is 0 Å². The number of sulfonamides is 1. The molecule has 0 spiro atoms. The number of piperidine rings is 1. The van der Waals surface area contributed by atoms with Crippen LogP contribution >= 0.6 is 0 Å². The molecular weight excluding hydrogens is 298 g/mol. The van der Waals surface area contributed by atoms with Gasteiger partial charge in [-0.05, 0) is 38.0 Å². The molecule has 5 nitrogen and oxygen atoms in total. The molecule has 0 unspecified atom stereocenters. The number of nitrogens with one attached hydrogen (secondary N) is 1. The normalized spacial score (nSPS) is 17.5. The zero-order valence-corrected chi connectivity index (χ0v) is 13.3. The van der Waals surface area contributed by atoms with E-state index in [0.717, 1.165) is 0 Å². The van der Waals surface area contributed by atoms with Gasteiger partial charge < -0.3 is 5.41 Å². The van der Waals surface area contributed by atoms with Crippen molar-refractivity contribution < 1.29 is 8.42 Å². The molecule has 1 fully saturated rings. The molecule has 1 aliphatic rings. The Kier molecular flexibility index (Phi) is 5.11. The van der Waals surface area contributed by atoms with Gasteiger partial charge in [-0.25, -0.2) is 8.42 Å². The lowest BCUT2D eigenvalue weighted by molar-refractivity contribution is 0.316. The summed E-state index contributed by atoms with van der Waals surface area (Å²) in [6, 6.07) is 8.21. The van der Waals surface area contributed by atoms with Gasteiger partial charge in [0, 0.05) is 24.7 Å². The quantitative estimate of drug-likeness (QED) is 0.866. The van der Waals surface area contributed by atoms with E-state index in [1.165, 1.54) is 16.4 Å². The van der Waals surface area contributed by atoms with Gasteiger partial charge in [0.25, 0.3) is 0 Å². The van der Waals surface area contributed by atoms with E-state index in [9.17, 15) is 8.42 Å². The Hall–Kier alpha value is -1.97. The first-order valence-electron chi connectivity index (χ1n) is 7.21. The number of benzene rings is 1. The molecule has 0 aliphatic carbocycles. The lowest BCUT2D eigenvalue weighted by atomic mass is 9.93. The fraction of sp³-hybridized carbons (Fsp3) is 0.375. The minimum absolute atomic E-state index is 0.0690. The summed E-state index contributed by atoms with van der Waals surface area (Å²) in [6.07, 6.45) is 4.86. The Morgan fingerprint density at radius 3 is 2.59 bits per heavy atom. The van der Waals surface area contributed by atoms with Crippen LogP contribution in [0.1, 0.15) is 25.3 Å². The molecule has 1 aromatic carbocycles. The Labute approximate surface area is 131 Å². The SMILES string of the molecule is C/C=C\C(=N)C1CCN(S(=O)(=O)c2ccccc2C#N)CC1. The fourth-order valence-corrected chi connectivity index (χ4v) is 4.26. The van der Waals surface area contributed by atoms with Crippen LogP contribution in [-0.2, 0) is 10.0 Å². The maximum atomic E-state index is 12.7. The van der Waals surface area contributed by atoms with Crippen LogP contribution in [-0.4, -0.2) is 31.5 Å². The van der Waals surface area contributed by atoms with Crippen molar-refractivity contribution in [2.75, 3.05) is 13.1 Å². The Morgan fingerprint density at radius 2 is 2.00 bits per heavy atom. The van der Waals surface area contributed by atoms with Crippen molar-refractivity contribution in [3.63, 3.8) is 0 Å². The Morgan fingerprint density at radius 1 is 1.36 bits per heavy atom. The summed E-state index contributed by atoms with van der Waals surface area (Å²) in [5, 5.41) is 17.0. The van der Waals surface area contributed by atoms with Gasteiger partial charge in [0.2, 0.25) is 10.0 Å². The van der Waals surface area contributed by atoms with Gasteiger partial charge in [-0.2, -0.15) is 9.57 Å². The van der Waals surface area contributed by atoms with Gasteiger partial charge in [0.05, 0.1) is 10.5 Å². The molecule has 1 saturated heterocycles. The van der Waals surface area contributed by atoms with Crippen molar-refractivity contribution in [1.29, 1.82) is 10.7 Å². The van der Waals surface area contributed by atoms with Crippen LogP contribution in [0.5, 0.6) is 0 Å². The Bertz CT molecular complexity index is 724. The molecule has 1 aliphatic heterocycles. The van der Waals surface area contributed by atoms with Crippen molar-refractivity contribution in [3.05, 3.63) is 42.0 Å². The molecular formula is C16H19N3O2S. The summed E-state index contributed by atoms with van der Waals surface area (Å²) in [5.41, 5.74) is 0.725. The highest BCUT2D eigenvalue weighted by molar-refractivity contribution is 7.89. The van der Waals surface area contributed by atoms with Crippen LogP contribution in [0.2, 0.25) is 0 Å². The maximum Gasteiger partial charge on any atom is 0.244 e. The molecule has 0 radical (unpaired) electrons. The van der Waals surface area contributed by atoms with Crippen LogP contribution in [0.15, 0.2) is 41.3 Å². The third kappa shape index (κ3) is 3.26. The first-order chi connectivity index (χ1) is 10.5. The molecule has 1 aromatic rings. The fourth-order valence-electron chi connectivity index (χ4n) is 2.65. The van der Waals surface area contributed by atoms with E-state index in [4.69, 9.17) is 10.7 Å². The molecule has 0 saturated carbocycles. The standard InChI is InChI=1S/C16H19N3O2S/c1-2-5-15(18)13-8-10-19(11-9-13)22(20,21)16-7-4-3-6-14(16)12-17/h2-7,13,18H,8-11H2,1H3/b5-2-,18-15?. The van der Waals surface area contributed by atoms with Crippen molar-refractivity contribution >= 4 is 15.7 Å². The second kappa shape index (κ2) is 6.86. The van der Waals surface area contributed by atoms with E-state index in [1.807, 2.05) is 19.1 Å². The van der Waals surface area contributed by atoms with Gasteiger partial charge >= 0.3 is 0 Å². The molecule has 1 heterocycles. The minimum Gasteiger partial charge on any atom is -0.305 e. The van der Waals surface area contributed by atoms with E-state index in [0.29, 0.717) is 31.6 Å². The van der Waals surface area contributed by atoms with E-state index in [-0.39, 0.29) is 16.4 Å². The second-order valence-corrected chi connectivity index (χ2v) is 7.15. The zero-order chi connectivity index (χ0) is 16.2. The largest absolute Gasteiger partial charge is 0.305 e. The predicted octanol–water partition coefficient (Wildman–Crippen LogP) is 2.55. The summed E-state index contributed by atoms with van der Waals surface area (Å²) in [7, 11) is -3.64. The summed E-state index contributed by atoms with van der Waals surface area (Å²) in [5.74, 6) is 0.105. The Balaban J connectivity index is 2.17. The first-order valence-corrected chi connectivity index (χ1v) is 8.65. The van der Waals surface area contributed by atoms with Crippen LogP contribution in [0, 0.1) is 22.7 Å². The number of allylic oxidation sites excluding steroid dienone is 2. The van der Waals surface area contributed by atoms with Gasteiger partial charge in [0.15, 0.2) is 0 Å². The number of nitriles is 1. The molecule has 22 heavy (non-hydrogen) atoms.